The van der Waals surface area contributed by atoms with Crippen molar-refractivity contribution in [2.45, 2.75) is 31.9 Å². The fourth-order valence-electron chi connectivity index (χ4n) is 3.77. The molecular formula is C25H24BrN3O4S. The van der Waals surface area contributed by atoms with Crippen LogP contribution < -0.4 is 4.74 Å². The minimum Gasteiger partial charge on any atom is -0.462 e. The third-order valence-electron chi connectivity index (χ3n) is 5.26. The second-order valence-electron chi connectivity index (χ2n) is 7.51. The van der Waals surface area contributed by atoms with E-state index in [2.05, 4.69) is 28.6 Å². The molecule has 0 N–H and O–H groups in total. The molecule has 34 heavy (non-hydrogen) atoms. The van der Waals surface area contributed by atoms with Gasteiger partial charge in [-0.25, -0.2) is 4.79 Å². The molecule has 0 spiro atoms. The Balaban J connectivity index is 2.29. The maximum atomic E-state index is 13.1. The number of aryl methyl sites for hydroxylation is 2. The van der Waals surface area contributed by atoms with E-state index in [0.29, 0.717) is 38.7 Å². The standard InChI is InChI=1S/C25H24BrN3O4S/c1-5-7-8-16-10-9-15(13-27)22(28-16)24(34)23-21(25(31)32-6-2)17-11-20(33-14(3)30)18(26)12-19(17)29(23)4/h5,9-12,24,34H,1,6-8H2,2-4H3. The van der Waals surface area contributed by atoms with Gasteiger partial charge in [0.25, 0.3) is 0 Å². The first kappa shape index (κ1) is 25.5. The lowest BCUT2D eigenvalue weighted by Crippen LogP contribution is -2.13. The van der Waals surface area contributed by atoms with E-state index in [1.807, 2.05) is 10.6 Å². The molecule has 1 aromatic carbocycles. The Hall–Kier alpha value is -3.09. The topological polar surface area (TPSA) is 94.2 Å². The largest absolute Gasteiger partial charge is 0.462 e. The van der Waals surface area contributed by atoms with Gasteiger partial charge in [-0.2, -0.15) is 17.9 Å². The lowest BCUT2D eigenvalue weighted by molar-refractivity contribution is -0.131. The van der Waals surface area contributed by atoms with Gasteiger partial charge in [0.2, 0.25) is 0 Å². The highest BCUT2D eigenvalue weighted by Gasteiger charge is 2.30. The number of thiol groups is 1. The summed E-state index contributed by atoms with van der Waals surface area (Å²) in [5, 5.41) is 9.55. The minimum absolute atomic E-state index is 0.179. The molecule has 9 heteroatoms. The number of carbonyl (C=O) groups excluding carboxylic acids is 2. The number of allylic oxidation sites excluding steroid dienone is 1. The number of carbonyl (C=O) groups is 2. The van der Waals surface area contributed by atoms with E-state index in [9.17, 15) is 14.9 Å². The van der Waals surface area contributed by atoms with E-state index in [1.54, 1.807) is 38.2 Å². The number of aromatic nitrogens is 2. The number of hydrogen-bond acceptors (Lipinski definition) is 7. The van der Waals surface area contributed by atoms with Crippen molar-refractivity contribution in [3.8, 4) is 11.8 Å². The molecule has 2 aromatic heterocycles. The van der Waals surface area contributed by atoms with E-state index < -0.39 is 17.2 Å². The molecule has 0 saturated heterocycles. The van der Waals surface area contributed by atoms with Gasteiger partial charge < -0.3 is 14.0 Å². The van der Waals surface area contributed by atoms with Gasteiger partial charge in [0.05, 0.1) is 44.4 Å². The summed E-state index contributed by atoms with van der Waals surface area (Å²) in [5.74, 6) is -0.750. The first-order chi connectivity index (χ1) is 16.2. The van der Waals surface area contributed by atoms with Crippen LogP contribution in [0.4, 0.5) is 0 Å². The Labute approximate surface area is 211 Å². The molecule has 0 amide bonds. The van der Waals surface area contributed by atoms with Crippen molar-refractivity contribution in [3.63, 3.8) is 0 Å². The average Bonchev–Trinajstić information content (AvgIpc) is 3.08. The first-order valence-corrected chi connectivity index (χ1v) is 11.9. The van der Waals surface area contributed by atoms with Crippen molar-refractivity contribution in [1.29, 1.82) is 5.26 Å². The Morgan fingerprint density at radius 1 is 1.38 bits per heavy atom. The summed E-state index contributed by atoms with van der Waals surface area (Å²) < 4.78 is 13.0. The minimum atomic E-state index is -0.703. The zero-order chi connectivity index (χ0) is 25.0. The maximum absolute atomic E-state index is 13.1. The number of ether oxygens (including phenoxy) is 2. The fourth-order valence-corrected chi connectivity index (χ4v) is 4.68. The number of benzene rings is 1. The van der Waals surface area contributed by atoms with E-state index in [-0.39, 0.29) is 17.9 Å². The second-order valence-corrected chi connectivity index (χ2v) is 8.88. The number of fused-ring (bicyclic) bond motifs is 1. The Kier molecular flexibility index (Phi) is 8.18. The number of rotatable bonds is 8. The summed E-state index contributed by atoms with van der Waals surface area (Å²) in [5.41, 5.74) is 3.11. The summed E-state index contributed by atoms with van der Waals surface area (Å²) in [7, 11) is 1.80. The zero-order valence-corrected chi connectivity index (χ0v) is 21.6. The number of halogens is 1. The SMILES string of the molecule is C=CCCc1ccc(C#N)c(C(S)c2c(C(=O)OCC)c3cc(OC(C)=O)c(Br)cc3n2C)n1. The van der Waals surface area contributed by atoms with Crippen molar-refractivity contribution in [2.75, 3.05) is 6.61 Å². The van der Waals surface area contributed by atoms with Crippen LogP contribution in [-0.2, 0) is 23.0 Å². The quantitative estimate of drug-likeness (QED) is 0.176. The highest BCUT2D eigenvalue weighted by molar-refractivity contribution is 9.10. The molecule has 1 unspecified atom stereocenters. The predicted octanol–water partition coefficient (Wildman–Crippen LogP) is 5.45. The smallest absolute Gasteiger partial charge is 0.340 e. The molecule has 0 aliphatic heterocycles. The van der Waals surface area contributed by atoms with E-state index >= 15 is 0 Å². The van der Waals surface area contributed by atoms with Crippen LogP contribution in [0.1, 0.15) is 58.5 Å². The van der Waals surface area contributed by atoms with Gasteiger partial charge in [0.1, 0.15) is 11.8 Å². The summed E-state index contributed by atoms with van der Waals surface area (Å²) in [6.07, 6.45) is 3.21. The molecule has 1 atom stereocenters. The van der Waals surface area contributed by atoms with Crippen molar-refractivity contribution < 1.29 is 19.1 Å². The number of hydrogen-bond donors (Lipinski definition) is 1. The van der Waals surface area contributed by atoms with E-state index in [0.717, 1.165) is 12.1 Å². The first-order valence-electron chi connectivity index (χ1n) is 10.6. The lowest BCUT2D eigenvalue weighted by Gasteiger charge is -2.16. The van der Waals surface area contributed by atoms with E-state index in [1.165, 1.54) is 6.92 Å². The number of nitriles is 1. The van der Waals surface area contributed by atoms with Crippen molar-refractivity contribution in [2.24, 2.45) is 7.05 Å². The van der Waals surface area contributed by atoms with Crippen LogP contribution in [-0.4, -0.2) is 28.1 Å². The normalized spacial score (nSPS) is 11.6. The Morgan fingerprint density at radius 2 is 2.12 bits per heavy atom. The number of nitrogens with zero attached hydrogens (tertiary/aromatic N) is 3. The van der Waals surface area contributed by atoms with E-state index in [4.69, 9.17) is 27.1 Å². The summed E-state index contributed by atoms with van der Waals surface area (Å²) in [4.78, 5) is 29.4. The van der Waals surface area contributed by atoms with Gasteiger partial charge in [-0.3, -0.25) is 9.78 Å². The van der Waals surface area contributed by atoms with Crippen molar-refractivity contribution >= 4 is 51.4 Å². The molecule has 176 valence electrons. The molecule has 7 nitrogen and oxygen atoms in total. The Morgan fingerprint density at radius 3 is 2.74 bits per heavy atom. The monoisotopic (exact) mass is 541 g/mol. The third kappa shape index (κ3) is 5.03. The molecule has 0 bridgehead atoms. The molecule has 3 aromatic rings. The molecule has 0 fully saturated rings. The summed E-state index contributed by atoms with van der Waals surface area (Å²) in [6, 6.07) is 9.08. The summed E-state index contributed by atoms with van der Waals surface area (Å²) in [6.45, 7) is 6.95. The van der Waals surface area contributed by atoms with Gasteiger partial charge >= 0.3 is 11.9 Å². The molecular weight excluding hydrogens is 518 g/mol. The van der Waals surface area contributed by atoms with Gasteiger partial charge in [0.15, 0.2) is 0 Å². The van der Waals surface area contributed by atoms with Gasteiger partial charge in [-0.1, -0.05) is 6.08 Å². The molecule has 0 aliphatic carbocycles. The summed E-state index contributed by atoms with van der Waals surface area (Å²) >= 11 is 8.26. The fraction of sp³-hybridized carbons (Fsp3) is 0.280. The van der Waals surface area contributed by atoms with Gasteiger partial charge in [-0.15, -0.1) is 6.58 Å². The number of esters is 2. The highest BCUT2D eigenvalue weighted by atomic mass is 79.9. The average molecular weight is 542 g/mol. The lowest BCUT2D eigenvalue weighted by atomic mass is 10.0. The molecule has 0 aliphatic rings. The van der Waals surface area contributed by atoms with Crippen LogP contribution in [0.25, 0.3) is 10.9 Å². The van der Waals surface area contributed by atoms with Crippen LogP contribution in [0.2, 0.25) is 0 Å². The van der Waals surface area contributed by atoms with Crippen LogP contribution >= 0.6 is 28.6 Å². The van der Waals surface area contributed by atoms with Gasteiger partial charge in [0, 0.05) is 25.1 Å². The molecule has 2 heterocycles. The zero-order valence-electron chi connectivity index (χ0n) is 19.1. The number of pyridine rings is 1. The maximum Gasteiger partial charge on any atom is 0.340 e. The highest BCUT2D eigenvalue weighted by Crippen LogP contribution is 2.40. The van der Waals surface area contributed by atoms with Crippen LogP contribution in [0.3, 0.4) is 0 Å². The predicted molar refractivity (Wildman–Crippen MR) is 136 cm³/mol. The van der Waals surface area contributed by atoms with Crippen LogP contribution in [0, 0.1) is 11.3 Å². The molecule has 3 rings (SSSR count). The van der Waals surface area contributed by atoms with Crippen LogP contribution in [0.5, 0.6) is 5.75 Å². The molecule has 0 radical (unpaired) electrons. The van der Waals surface area contributed by atoms with Crippen LogP contribution in [0.15, 0.2) is 41.4 Å². The van der Waals surface area contributed by atoms with Crippen molar-refractivity contribution in [1.82, 2.24) is 9.55 Å². The third-order valence-corrected chi connectivity index (χ3v) is 6.37. The molecule has 0 saturated carbocycles. The van der Waals surface area contributed by atoms with Gasteiger partial charge in [-0.05, 0) is 60.0 Å². The Bertz CT molecular complexity index is 1330. The van der Waals surface area contributed by atoms with Crippen molar-refractivity contribution in [3.05, 3.63) is 69.6 Å². The second kappa shape index (κ2) is 10.9.